The highest BCUT2D eigenvalue weighted by Gasteiger charge is 2.39. The Balaban J connectivity index is 2.55. The highest BCUT2D eigenvalue weighted by Crippen LogP contribution is 2.16. The first-order valence-electron chi connectivity index (χ1n) is 5.86. The van der Waals surface area contributed by atoms with Crippen molar-refractivity contribution in [2.45, 2.75) is 30.8 Å². The molecule has 1 aliphatic rings. The van der Waals surface area contributed by atoms with E-state index in [1.165, 1.54) is 7.11 Å². The molecular weight excluding hydrogens is 256 g/mol. The Bertz CT molecular complexity index is 364. The minimum absolute atomic E-state index is 0.0509. The maximum absolute atomic E-state index is 11.9. The molecule has 0 saturated carbocycles. The zero-order valence-electron chi connectivity index (χ0n) is 10.7. The van der Waals surface area contributed by atoms with Gasteiger partial charge in [0.05, 0.1) is 13.7 Å². The van der Waals surface area contributed by atoms with Crippen LogP contribution in [-0.4, -0.2) is 54.9 Å². The topological polar surface area (TPSA) is 128 Å². The second-order valence-electron chi connectivity index (χ2n) is 4.44. The largest absolute Gasteiger partial charge is 0.480 e. The zero-order valence-corrected chi connectivity index (χ0v) is 10.7. The van der Waals surface area contributed by atoms with Crippen LogP contribution in [0.3, 0.4) is 0 Å². The molecule has 0 aliphatic carbocycles. The molecule has 0 spiro atoms. The van der Waals surface area contributed by atoms with Gasteiger partial charge in [-0.25, -0.2) is 4.79 Å². The van der Waals surface area contributed by atoms with Gasteiger partial charge in [0, 0.05) is 13.0 Å². The van der Waals surface area contributed by atoms with Crippen LogP contribution >= 0.6 is 0 Å². The first-order valence-corrected chi connectivity index (χ1v) is 5.86. The minimum atomic E-state index is -1.22. The zero-order chi connectivity index (χ0) is 14.5. The van der Waals surface area contributed by atoms with E-state index in [4.69, 9.17) is 15.6 Å². The van der Waals surface area contributed by atoms with Crippen LogP contribution < -0.4 is 11.1 Å². The number of carbonyl (C=O) groups excluding carboxylic acids is 2. The van der Waals surface area contributed by atoms with E-state index in [1.54, 1.807) is 0 Å². The number of ether oxygens (including phenoxy) is 2. The van der Waals surface area contributed by atoms with Gasteiger partial charge >= 0.3 is 11.9 Å². The number of rotatable bonds is 6. The van der Waals surface area contributed by atoms with Crippen LogP contribution in [0.1, 0.15) is 19.3 Å². The number of esters is 1. The third-order valence-corrected chi connectivity index (χ3v) is 2.97. The van der Waals surface area contributed by atoms with Crippen LogP contribution in [0, 0.1) is 0 Å². The molecule has 1 saturated heterocycles. The highest BCUT2D eigenvalue weighted by atomic mass is 16.5. The van der Waals surface area contributed by atoms with Crippen LogP contribution in [0.2, 0.25) is 0 Å². The van der Waals surface area contributed by atoms with Crippen molar-refractivity contribution in [3.8, 4) is 0 Å². The van der Waals surface area contributed by atoms with Crippen LogP contribution in [0.4, 0.5) is 0 Å². The Labute approximate surface area is 110 Å². The van der Waals surface area contributed by atoms with E-state index in [0.717, 1.165) is 0 Å². The number of aliphatic carboxylic acids is 1. The summed E-state index contributed by atoms with van der Waals surface area (Å²) >= 11 is 0. The van der Waals surface area contributed by atoms with Gasteiger partial charge in [-0.2, -0.15) is 0 Å². The molecule has 8 nitrogen and oxygen atoms in total. The quantitative estimate of drug-likeness (QED) is 0.509. The second-order valence-corrected chi connectivity index (χ2v) is 4.44. The summed E-state index contributed by atoms with van der Waals surface area (Å²) in [5, 5.41) is 11.3. The van der Waals surface area contributed by atoms with Gasteiger partial charge in [0.25, 0.3) is 0 Å². The molecule has 0 bridgehead atoms. The summed E-state index contributed by atoms with van der Waals surface area (Å²) in [4.78, 5) is 33.9. The first kappa shape index (κ1) is 15.4. The van der Waals surface area contributed by atoms with E-state index in [-0.39, 0.29) is 19.4 Å². The summed E-state index contributed by atoms with van der Waals surface area (Å²) in [6, 6.07) is -1.17. The van der Waals surface area contributed by atoms with Gasteiger partial charge in [-0.15, -0.1) is 0 Å². The van der Waals surface area contributed by atoms with E-state index in [9.17, 15) is 14.4 Å². The van der Waals surface area contributed by atoms with Crippen molar-refractivity contribution >= 4 is 17.8 Å². The Morgan fingerprint density at radius 1 is 1.53 bits per heavy atom. The van der Waals surface area contributed by atoms with Crippen molar-refractivity contribution in [1.82, 2.24) is 5.32 Å². The molecule has 4 N–H and O–H groups in total. The molecule has 2 atom stereocenters. The summed E-state index contributed by atoms with van der Waals surface area (Å²) < 4.78 is 9.45. The van der Waals surface area contributed by atoms with E-state index in [1.807, 2.05) is 0 Å². The fourth-order valence-electron chi connectivity index (χ4n) is 1.68. The lowest BCUT2D eigenvalue weighted by Crippen LogP contribution is -2.58. The molecule has 1 amide bonds. The van der Waals surface area contributed by atoms with Crippen molar-refractivity contribution in [2.24, 2.45) is 5.73 Å². The number of hydrogen-bond acceptors (Lipinski definition) is 6. The number of nitrogens with one attached hydrogen (secondary N) is 1. The van der Waals surface area contributed by atoms with Gasteiger partial charge in [0.2, 0.25) is 5.91 Å². The number of carboxylic acids is 1. The molecule has 1 rings (SSSR count). The predicted octanol–water partition coefficient (Wildman–Crippen LogP) is -1.37. The van der Waals surface area contributed by atoms with Gasteiger partial charge in [0.1, 0.15) is 11.6 Å². The van der Waals surface area contributed by atoms with Gasteiger partial charge in [0.15, 0.2) is 0 Å². The molecule has 1 aliphatic heterocycles. The second kappa shape index (κ2) is 6.48. The lowest BCUT2D eigenvalue weighted by atomic mass is 9.98. The molecule has 0 aromatic carbocycles. The van der Waals surface area contributed by atoms with Crippen molar-refractivity contribution in [1.29, 1.82) is 0 Å². The molecule has 1 heterocycles. The molecule has 8 heteroatoms. The number of nitrogens with two attached hydrogens (primary N) is 1. The summed E-state index contributed by atoms with van der Waals surface area (Å²) in [7, 11) is 1.21. The van der Waals surface area contributed by atoms with Gasteiger partial charge in [-0.3, -0.25) is 9.59 Å². The Hall–Kier alpha value is -1.67. The molecule has 0 radical (unpaired) electrons. The van der Waals surface area contributed by atoms with Crippen molar-refractivity contribution < 1.29 is 29.0 Å². The molecule has 1 fully saturated rings. The molecular formula is C11H18N2O6. The number of methoxy groups -OCH3 is 1. The Morgan fingerprint density at radius 3 is 2.68 bits per heavy atom. The van der Waals surface area contributed by atoms with Crippen LogP contribution in [0.25, 0.3) is 0 Å². The third-order valence-electron chi connectivity index (χ3n) is 2.97. The van der Waals surface area contributed by atoms with Gasteiger partial charge in [-0.05, 0) is 12.8 Å². The van der Waals surface area contributed by atoms with Gasteiger partial charge < -0.3 is 25.6 Å². The Kier molecular flexibility index (Phi) is 5.25. The number of hydrogen-bond donors (Lipinski definition) is 3. The number of carboxylic acid groups (broad SMARTS) is 1. The van der Waals surface area contributed by atoms with Crippen molar-refractivity contribution in [3.63, 3.8) is 0 Å². The van der Waals surface area contributed by atoms with Crippen molar-refractivity contribution in [2.75, 3.05) is 20.3 Å². The third kappa shape index (κ3) is 4.18. The Morgan fingerprint density at radius 2 is 2.21 bits per heavy atom. The smallest absolute Gasteiger partial charge is 0.326 e. The molecule has 0 aromatic rings. The van der Waals surface area contributed by atoms with E-state index in [2.05, 4.69) is 10.1 Å². The van der Waals surface area contributed by atoms with Crippen LogP contribution in [0.5, 0.6) is 0 Å². The maximum atomic E-state index is 11.9. The normalized spacial score (nSPS) is 23.7. The van der Waals surface area contributed by atoms with E-state index in [0.29, 0.717) is 13.0 Å². The molecule has 1 unspecified atom stereocenters. The van der Waals surface area contributed by atoms with E-state index >= 15 is 0 Å². The number of carbonyl (C=O) groups is 3. The van der Waals surface area contributed by atoms with Gasteiger partial charge in [-0.1, -0.05) is 0 Å². The predicted molar refractivity (Wildman–Crippen MR) is 63.2 cm³/mol. The minimum Gasteiger partial charge on any atom is -0.480 e. The first-order chi connectivity index (χ1) is 8.89. The van der Waals surface area contributed by atoms with Crippen LogP contribution in [0.15, 0.2) is 0 Å². The summed E-state index contributed by atoms with van der Waals surface area (Å²) in [5.41, 5.74) is 4.62. The lowest BCUT2D eigenvalue weighted by molar-refractivity contribution is -0.144. The monoisotopic (exact) mass is 274 g/mol. The summed E-state index contributed by atoms with van der Waals surface area (Å²) in [6.07, 6.45) is 0.189. The fraction of sp³-hybridized carbons (Fsp3) is 0.727. The van der Waals surface area contributed by atoms with Crippen molar-refractivity contribution in [3.05, 3.63) is 0 Å². The average molecular weight is 274 g/mol. The maximum Gasteiger partial charge on any atom is 0.326 e. The molecule has 0 aromatic heterocycles. The highest BCUT2D eigenvalue weighted by molar-refractivity contribution is 5.90. The summed E-state index contributed by atoms with van der Waals surface area (Å²) in [6.45, 7) is 0.423. The summed E-state index contributed by atoms with van der Waals surface area (Å²) in [5.74, 6) is -2.34. The average Bonchev–Trinajstić information content (AvgIpc) is 2.81. The number of amides is 1. The standard InChI is InChI=1S/C11H18N2O6/c1-18-8(14)3-2-7(9(15)16)13-10(17)11(12)4-5-19-6-11/h7H,2-6,12H2,1H3,(H,13,17)(H,15,16)/t7-,11?/m1/s1. The molecule has 19 heavy (non-hydrogen) atoms. The fourth-order valence-corrected chi connectivity index (χ4v) is 1.68. The van der Waals surface area contributed by atoms with E-state index < -0.39 is 29.4 Å². The van der Waals surface area contributed by atoms with Crippen LogP contribution in [-0.2, 0) is 23.9 Å². The molecule has 108 valence electrons. The lowest BCUT2D eigenvalue weighted by Gasteiger charge is -2.23. The SMILES string of the molecule is COC(=O)CC[C@@H](NC(=O)C1(N)CCOC1)C(=O)O.